The number of carbonyl (C=O) groups is 4. The molecule has 8 nitrogen and oxygen atoms in total. The summed E-state index contributed by atoms with van der Waals surface area (Å²) in [4.78, 5) is 46.8. The van der Waals surface area contributed by atoms with Crippen molar-refractivity contribution in [1.29, 1.82) is 0 Å². The van der Waals surface area contributed by atoms with E-state index < -0.39 is 23.9 Å². The first kappa shape index (κ1) is 31.9. The molecular weight excluding hydrogens is 656 g/mol. The zero-order valence-corrected chi connectivity index (χ0v) is 27.1. The van der Waals surface area contributed by atoms with Crippen LogP contribution in [0.2, 0.25) is 0 Å². The van der Waals surface area contributed by atoms with E-state index in [0.29, 0.717) is 0 Å². The molecule has 0 spiro atoms. The Kier molecular flexibility index (Phi) is 7.50. The maximum absolute atomic E-state index is 11.7. The van der Waals surface area contributed by atoms with Crippen LogP contribution in [0.1, 0.15) is 41.4 Å². The van der Waals surface area contributed by atoms with Gasteiger partial charge in [0.05, 0.1) is 22.3 Å². The van der Waals surface area contributed by atoms with E-state index in [1.54, 1.807) is 97.1 Å². The van der Waals surface area contributed by atoms with Crippen molar-refractivity contribution in [2.24, 2.45) is 0 Å². The van der Waals surface area contributed by atoms with Gasteiger partial charge in [0.1, 0.15) is 0 Å². The molecule has 0 saturated heterocycles. The van der Waals surface area contributed by atoms with Crippen LogP contribution in [-0.2, 0) is 0 Å². The summed E-state index contributed by atoms with van der Waals surface area (Å²) in [5.74, 6) is -4.13. The number of benzene rings is 8. The molecule has 8 aromatic rings. The monoisotopic (exact) mass is 682 g/mol. The third kappa shape index (κ3) is 5.26. The van der Waals surface area contributed by atoms with Crippen molar-refractivity contribution in [3.63, 3.8) is 0 Å². The zero-order valence-electron chi connectivity index (χ0n) is 27.1. The minimum Gasteiger partial charge on any atom is -0.478 e. The van der Waals surface area contributed by atoms with Crippen molar-refractivity contribution in [2.75, 3.05) is 0 Å². The van der Waals surface area contributed by atoms with Crippen molar-refractivity contribution in [3.05, 3.63) is 156 Å². The number of carboxylic acids is 4. The van der Waals surface area contributed by atoms with Crippen LogP contribution in [0.4, 0.5) is 0 Å². The quantitative estimate of drug-likeness (QED) is 0.116. The average molecular weight is 683 g/mol. The van der Waals surface area contributed by atoms with Gasteiger partial charge in [0.15, 0.2) is 0 Å². The van der Waals surface area contributed by atoms with Crippen LogP contribution in [-0.4, -0.2) is 44.3 Å². The van der Waals surface area contributed by atoms with Gasteiger partial charge in [-0.3, -0.25) is 0 Å². The van der Waals surface area contributed by atoms with Crippen LogP contribution in [0.15, 0.2) is 133 Å². The first-order chi connectivity index (χ1) is 25.1. The largest absolute Gasteiger partial charge is 0.478 e. The lowest BCUT2D eigenvalue weighted by atomic mass is 9.81. The topological polar surface area (TPSA) is 149 Å². The molecule has 0 aromatic heterocycles. The van der Waals surface area contributed by atoms with Gasteiger partial charge >= 0.3 is 23.9 Å². The van der Waals surface area contributed by atoms with Crippen LogP contribution in [0, 0.1) is 0 Å². The Balaban J connectivity index is 1.50. The highest BCUT2D eigenvalue weighted by molar-refractivity contribution is 6.32. The summed E-state index contributed by atoms with van der Waals surface area (Å²) in [6.07, 6.45) is 0. The zero-order chi connectivity index (χ0) is 36.3. The second kappa shape index (κ2) is 12.2. The maximum atomic E-state index is 11.7. The normalized spacial score (nSPS) is 11.3. The van der Waals surface area contributed by atoms with Crippen LogP contribution < -0.4 is 0 Å². The van der Waals surface area contributed by atoms with Gasteiger partial charge in [-0.2, -0.15) is 0 Å². The smallest absolute Gasteiger partial charge is 0.335 e. The molecule has 0 bridgehead atoms. The molecule has 4 N–H and O–H groups in total. The Hall–Kier alpha value is -7.32. The van der Waals surface area contributed by atoms with Crippen molar-refractivity contribution in [2.45, 2.75) is 0 Å². The predicted molar refractivity (Wildman–Crippen MR) is 200 cm³/mol. The van der Waals surface area contributed by atoms with Gasteiger partial charge in [-0.1, -0.05) is 72.8 Å². The number of carboxylic acid groups (broad SMARTS) is 4. The second-order valence-electron chi connectivity index (χ2n) is 12.5. The Bertz CT molecular complexity index is 2370. The van der Waals surface area contributed by atoms with Crippen LogP contribution in [0.3, 0.4) is 0 Å². The average Bonchev–Trinajstić information content (AvgIpc) is 3.16. The fraction of sp³-hybridized carbons (Fsp3) is 0. The molecule has 250 valence electrons. The van der Waals surface area contributed by atoms with Crippen LogP contribution in [0.5, 0.6) is 0 Å². The Labute approximate surface area is 295 Å². The van der Waals surface area contributed by atoms with Crippen molar-refractivity contribution >= 4 is 56.2 Å². The van der Waals surface area contributed by atoms with Gasteiger partial charge in [-0.15, -0.1) is 0 Å². The van der Waals surface area contributed by atoms with Gasteiger partial charge in [-0.05, 0) is 137 Å². The van der Waals surface area contributed by atoms with E-state index in [1.165, 1.54) is 0 Å². The van der Waals surface area contributed by atoms with E-state index in [4.69, 9.17) is 0 Å². The lowest BCUT2D eigenvalue weighted by Crippen LogP contribution is -1.98. The molecule has 0 unspecified atom stereocenters. The molecule has 0 amide bonds. The summed E-state index contributed by atoms with van der Waals surface area (Å²) in [5.41, 5.74) is 7.18. The standard InChI is InChI=1S/C44H26O8/c45-41(46)27-9-1-23(2-10-27)35-21-36(24-3-11-28(12-4-24)42(47)48)32-19-20-34-38(26-7-15-30(16-8-26)44(51)52)22-37(25-5-13-29(14-6-25)43(49)50)33-18-17-31(35)39(32)40(33)34/h1-22H,(H,45,46)(H,47,48)(H,49,50)(H,51,52). The summed E-state index contributed by atoms with van der Waals surface area (Å²) in [5, 5.41) is 43.8. The van der Waals surface area contributed by atoms with E-state index in [1.807, 2.05) is 36.4 Å². The lowest BCUT2D eigenvalue weighted by Gasteiger charge is -2.21. The molecule has 8 heteroatoms. The molecule has 0 heterocycles. The highest BCUT2D eigenvalue weighted by atomic mass is 16.4. The molecule has 8 rings (SSSR count). The fourth-order valence-corrected chi connectivity index (χ4v) is 7.12. The molecular formula is C44H26O8. The first-order valence-electron chi connectivity index (χ1n) is 16.2. The van der Waals surface area contributed by atoms with Crippen molar-refractivity contribution in [3.8, 4) is 44.5 Å². The molecule has 0 radical (unpaired) electrons. The Morgan fingerprint density at radius 1 is 0.288 bits per heavy atom. The molecule has 52 heavy (non-hydrogen) atoms. The van der Waals surface area contributed by atoms with E-state index in [-0.39, 0.29) is 22.3 Å². The van der Waals surface area contributed by atoms with E-state index >= 15 is 0 Å². The van der Waals surface area contributed by atoms with Crippen molar-refractivity contribution in [1.82, 2.24) is 0 Å². The minimum atomic E-state index is -1.03. The Morgan fingerprint density at radius 2 is 0.481 bits per heavy atom. The molecule has 0 aliphatic carbocycles. The summed E-state index contributed by atoms with van der Waals surface area (Å²) in [6.45, 7) is 0. The molecule has 0 atom stereocenters. The predicted octanol–water partition coefficient (Wildman–Crippen LogP) is 10.0. The Morgan fingerprint density at radius 3 is 0.654 bits per heavy atom. The van der Waals surface area contributed by atoms with Gasteiger partial charge in [0.2, 0.25) is 0 Å². The third-order valence-electron chi connectivity index (χ3n) is 9.67. The summed E-state index contributed by atoms with van der Waals surface area (Å²) in [7, 11) is 0. The highest BCUT2D eigenvalue weighted by Crippen LogP contribution is 2.48. The second-order valence-corrected chi connectivity index (χ2v) is 12.5. The summed E-state index contributed by atoms with van der Waals surface area (Å²) < 4.78 is 0. The lowest BCUT2D eigenvalue weighted by molar-refractivity contribution is 0.0686. The van der Waals surface area contributed by atoms with Gasteiger partial charge in [0, 0.05) is 0 Å². The molecule has 0 aliphatic heterocycles. The molecule has 0 fully saturated rings. The van der Waals surface area contributed by atoms with Gasteiger partial charge in [0.25, 0.3) is 0 Å². The van der Waals surface area contributed by atoms with E-state index in [2.05, 4.69) is 0 Å². The molecule has 0 saturated carbocycles. The van der Waals surface area contributed by atoms with Gasteiger partial charge < -0.3 is 20.4 Å². The summed E-state index contributed by atoms with van der Waals surface area (Å²) >= 11 is 0. The van der Waals surface area contributed by atoms with Crippen LogP contribution >= 0.6 is 0 Å². The molecule has 0 aliphatic rings. The van der Waals surface area contributed by atoms with Crippen molar-refractivity contribution < 1.29 is 39.6 Å². The number of hydrogen-bond acceptors (Lipinski definition) is 4. The maximum Gasteiger partial charge on any atom is 0.335 e. The number of aromatic carboxylic acids is 4. The van der Waals surface area contributed by atoms with E-state index in [9.17, 15) is 39.6 Å². The third-order valence-corrected chi connectivity index (χ3v) is 9.67. The van der Waals surface area contributed by atoms with Gasteiger partial charge in [-0.25, -0.2) is 19.2 Å². The SMILES string of the molecule is O=C(O)c1ccc(-c2cc(-c3ccc(C(=O)O)cc3)c3ccc4c(-c5ccc(C(=O)O)cc5)cc(-c5ccc(C(=O)O)cc5)c5ccc2c3c54)cc1. The summed E-state index contributed by atoms with van der Waals surface area (Å²) in [6, 6.07) is 39.0. The minimum absolute atomic E-state index is 0.156. The number of rotatable bonds is 8. The first-order valence-corrected chi connectivity index (χ1v) is 16.2. The number of hydrogen-bond donors (Lipinski definition) is 4. The van der Waals surface area contributed by atoms with Crippen LogP contribution in [0.25, 0.3) is 76.8 Å². The highest BCUT2D eigenvalue weighted by Gasteiger charge is 2.22. The molecule has 8 aromatic carbocycles. The fourth-order valence-electron chi connectivity index (χ4n) is 7.12. The van der Waals surface area contributed by atoms with E-state index in [0.717, 1.165) is 76.8 Å².